The molecule has 0 bridgehead atoms. The van der Waals surface area contributed by atoms with Crippen LogP contribution in [0.15, 0.2) is 12.7 Å². The maximum Gasteiger partial charge on any atom is 0.324 e. The molecule has 0 fully saturated rings. The van der Waals surface area contributed by atoms with Gasteiger partial charge in [-0.15, -0.1) is 10.9 Å². The maximum absolute atomic E-state index is 10.6. The third kappa shape index (κ3) is 7.17. The summed E-state index contributed by atoms with van der Waals surface area (Å²) in [6, 6.07) is 0. The van der Waals surface area contributed by atoms with E-state index in [4.69, 9.17) is 4.55 Å². The fourth-order valence-electron chi connectivity index (χ4n) is 0.366. The zero-order chi connectivity index (χ0) is 8.69. The van der Waals surface area contributed by atoms with E-state index in [9.17, 15) is 9.00 Å². The lowest BCUT2D eigenvalue weighted by Crippen LogP contribution is -2.23. The summed E-state index contributed by atoms with van der Waals surface area (Å²) in [6.07, 6.45) is 2.27. The first-order valence-corrected chi connectivity index (χ1v) is 3.88. The second-order valence-corrected chi connectivity index (χ2v) is 2.25. The average molecular weight is 179 g/mol. The monoisotopic (exact) mass is 179 g/mol. The highest BCUT2D eigenvalue weighted by molar-refractivity contribution is 7.74. The summed E-state index contributed by atoms with van der Waals surface area (Å²) in [6.45, 7) is 3.40. The van der Waals surface area contributed by atoms with Crippen LogP contribution in [0.5, 0.6) is 0 Å². The van der Waals surface area contributed by atoms with Gasteiger partial charge in [0.25, 0.3) is 0 Å². The summed E-state index contributed by atoms with van der Waals surface area (Å²) in [5.74, 6) is -0.452. The smallest absolute Gasteiger partial charge is 0.282 e. The highest BCUT2D eigenvalue weighted by atomic mass is 32.2. The van der Waals surface area contributed by atoms with E-state index in [1.54, 1.807) is 11.6 Å². The van der Waals surface area contributed by atoms with Gasteiger partial charge in [-0.25, -0.2) is 5.48 Å². The minimum absolute atomic E-state index is 0.195. The van der Waals surface area contributed by atoms with Gasteiger partial charge in [0.1, 0.15) is 0 Å². The van der Waals surface area contributed by atoms with Gasteiger partial charge in [-0.3, -0.25) is 9.35 Å². The molecule has 6 heteroatoms. The van der Waals surface area contributed by atoms with Gasteiger partial charge in [-0.2, -0.15) is 4.21 Å². The van der Waals surface area contributed by atoms with Crippen LogP contribution in [0.1, 0.15) is 12.8 Å². The maximum atomic E-state index is 10.6. The number of allylic oxidation sites excluding steroid dienone is 1. The van der Waals surface area contributed by atoms with Gasteiger partial charge in [-0.1, -0.05) is 6.08 Å². The van der Waals surface area contributed by atoms with E-state index in [-0.39, 0.29) is 6.42 Å². The molecule has 0 rings (SSSR count). The summed E-state index contributed by atoms with van der Waals surface area (Å²) in [5.41, 5.74) is 1.78. The second kappa shape index (κ2) is 6.02. The first kappa shape index (κ1) is 10.3. The first-order chi connectivity index (χ1) is 5.16. The molecule has 0 heterocycles. The Labute approximate surface area is 66.9 Å². The number of hydrogen-bond donors (Lipinski definition) is 2. The van der Waals surface area contributed by atoms with Crippen LogP contribution in [0.4, 0.5) is 0 Å². The lowest BCUT2D eigenvalue weighted by atomic mass is 10.3. The quantitative estimate of drug-likeness (QED) is 0.357. The molecule has 0 aliphatic carbocycles. The molecule has 0 spiro atoms. The lowest BCUT2D eigenvalue weighted by molar-refractivity contribution is -0.127. The van der Waals surface area contributed by atoms with Crippen LogP contribution < -0.4 is 5.48 Å². The molecule has 2 N–H and O–H groups in total. The first-order valence-electron chi connectivity index (χ1n) is 2.84. The molecule has 0 radical (unpaired) electrons. The standard InChI is InChI=1S/C5H9NO4S/c1-2-3-4-5(7)6-10-11(8)9/h2H,1,3-4H2,(H,6,7)(H,8,9). The Kier molecular flexibility index (Phi) is 5.63. The van der Waals surface area contributed by atoms with E-state index in [1.807, 2.05) is 0 Å². The number of rotatable bonds is 5. The Bertz CT molecular complexity index is 170. The number of amides is 1. The molecule has 0 aliphatic heterocycles. The van der Waals surface area contributed by atoms with Gasteiger partial charge in [0, 0.05) is 6.42 Å². The predicted octanol–water partition coefficient (Wildman–Crippen LogP) is 0.137. The second-order valence-electron chi connectivity index (χ2n) is 1.65. The van der Waals surface area contributed by atoms with Crippen molar-refractivity contribution >= 4 is 17.3 Å². The van der Waals surface area contributed by atoms with Crippen molar-refractivity contribution in [3.05, 3.63) is 12.7 Å². The summed E-state index contributed by atoms with van der Waals surface area (Å²) >= 11 is -2.45. The minimum atomic E-state index is -2.45. The largest absolute Gasteiger partial charge is 0.324 e. The SMILES string of the molecule is C=CCCC(=O)NOS(=O)O. The zero-order valence-corrected chi connectivity index (χ0v) is 6.60. The molecule has 0 aliphatic rings. The third-order valence-corrected chi connectivity index (χ3v) is 1.03. The molecule has 0 aromatic heterocycles. The van der Waals surface area contributed by atoms with Crippen LogP contribution in [-0.2, 0) is 20.4 Å². The lowest BCUT2D eigenvalue weighted by Gasteiger charge is -1.98. The third-order valence-electron chi connectivity index (χ3n) is 0.802. The molecule has 0 saturated carbocycles. The van der Waals surface area contributed by atoms with E-state index >= 15 is 0 Å². The van der Waals surface area contributed by atoms with Crippen molar-refractivity contribution in [3.8, 4) is 0 Å². The molecule has 0 saturated heterocycles. The van der Waals surface area contributed by atoms with Crippen LogP contribution in [0.25, 0.3) is 0 Å². The van der Waals surface area contributed by atoms with Gasteiger partial charge < -0.3 is 0 Å². The summed E-state index contributed by atoms with van der Waals surface area (Å²) < 4.78 is 21.8. The van der Waals surface area contributed by atoms with Crippen LogP contribution in [0.2, 0.25) is 0 Å². The van der Waals surface area contributed by atoms with E-state index in [2.05, 4.69) is 10.9 Å². The number of carbonyl (C=O) groups is 1. The topological polar surface area (TPSA) is 75.6 Å². The zero-order valence-electron chi connectivity index (χ0n) is 5.78. The van der Waals surface area contributed by atoms with E-state index in [0.29, 0.717) is 6.42 Å². The highest BCUT2D eigenvalue weighted by Crippen LogP contribution is 1.88. The van der Waals surface area contributed by atoms with Gasteiger partial charge >= 0.3 is 11.4 Å². The van der Waals surface area contributed by atoms with E-state index in [0.717, 1.165) is 0 Å². The van der Waals surface area contributed by atoms with Crippen molar-refractivity contribution in [3.63, 3.8) is 0 Å². The summed E-state index contributed by atoms with van der Waals surface area (Å²) in [7, 11) is 0. The Balaban J connectivity index is 3.37. The molecule has 64 valence electrons. The van der Waals surface area contributed by atoms with Crippen molar-refractivity contribution in [2.24, 2.45) is 0 Å². The molecule has 0 aromatic rings. The molecule has 5 nitrogen and oxygen atoms in total. The highest BCUT2D eigenvalue weighted by Gasteiger charge is 2.00. The molecule has 1 unspecified atom stereocenters. The van der Waals surface area contributed by atoms with Crippen LogP contribution in [0, 0.1) is 0 Å². The molecule has 11 heavy (non-hydrogen) atoms. The Morgan fingerprint density at radius 1 is 1.82 bits per heavy atom. The van der Waals surface area contributed by atoms with Gasteiger partial charge in [-0.05, 0) is 6.42 Å². The number of carbonyl (C=O) groups excluding carboxylic acids is 1. The fourth-order valence-corrected chi connectivity index (χ4v) is 0.531. The minimum Gasteiger partial charge on any atom is -0.282 e. The Morgan fingerprint density at radius 3 is 2.91 bits per heavy atom. The van der Waals surface area contributed by atoms with Gasteiger partial charge in [0.15, 0.2) is 0 Å². The Hall–Kier alpha value is -0.720. The van der Waals surface area contributed by atoms with E-state index < -0.39 is 17.3 Å². The van der Waals surface area contributed by atoms with Gasteiger partial charge in [0.05, 0.1) is 0 Å². The summed E-state index contributed by atoms with van der Waals surface area (Å²) in [5, 5.41) is 0. The summed E-state index contributed by atoms with van der Waals surface area (Å²) in [4.78, 5) is 10.6. The van der Waals surface area contributed by atoms with Crippen molar-refractivity contribution < 1.29 is 17.8 Å². The fraction of sp³-hybridized carbons (Fsp3) is 0.400. The molecule has 1 atom stereocenters. The molecule has 0 aromatic carbocycles. The predicted molar refractivity (Wildman–Crippen MR) is 39.4 cm³/mol. The van der Waals surface area contributed by atoms with Crippen molar-refractivity contribution in [2.75, 3.05) is 0 Å². The molecule has 1 amide bonds. The van der Waals surface area contributed by atoms with Crippen LogP contribution in [-0.4, -0.2) is 14.7 Å². The van der Waals surface area contributed by atoms with Crippen molar-refractivity contribution in [2.45, 2.75) is 12.8 Å². The molecular formula is C5H9NO4S. The van der Waals surface area contributed by atoms with Crippen molar-refractivity contribution in [1.82, 2.24) is 5.48 Å². The van der Waals surface area contributed by atoms with Crippen LogP contribution >= 0.6 is 0 Å². The number of hydrogen-bond acceptors (Lipinski definition) is 3. The van der Waals surface area contributed by atoms with Crippen LogP contribution in [0.3, 0.4) is 0 Å². The number of nitrogens with one attached hydrogen (secondary N) is 1. The number of hydroxylamine groups is 1. The van der Waals surface area contributed by atoms with E-state index in [1.165, 1.54) is 0 Å². The Morgan fingerprint density at radius 2 is 2.45 bits per heavy atom. The molecular weight excluding hydrogens is 170 g/mol. The van der Waals surface area contributed by atoms with Crippen molar-refractivity contribution in [1.29, 1.82) is 0 Å². The normalized spacial score (nSPS) is 12.1. The van der Waals surface area contributed by atoms with Gasteiger partial charge in [0.2, 0.25) is 5.91 Å². The average Bonchev–Trinajstić information content (AvgIpc) is 1.97.